The minimum atomic E-state index is -2.04. The van der Waals surface area contributed by atoms with E-state index in [1.165, 1.54) is 4.90 Å². The molecular weight excluding hydrogens is 377 g/mol. The predicted molar refractivity (Wildman–Crippen MR) is 92.3 cm³/mol. The second kappa shape index (κ2) is 7.59. The van der Waals surface area contributed by atoms with Crippen LogP contribution in [0, 0.1) is 0 Å². The standard InChI is InChI=1S/C15H16Cl3N3O3/c1-9(2)21(14(22)15(16,17)18)8-12-19-13(20-24-12)10-4-6-11(23-3)7-5-10/h4-7,9H,8H2,1-3H3. The number of aromatic nitrogens is 2. The summed E-state index contributed by atoms with van der Waals surface area (Å²) in [5.74, 6) is 0.725. The quantitative estimate of drug-likeness (QED) is 0.723. The average Bonchev–Trinajstić information content (AvgIpc) is 2.99. The number of hydrogen-bond donors (Lipinski definition) is 0. The molecule has 24 heavy (non-hydrogen) atoms. The molecular formula is C15H16Cl3N3O3. The summed E-state index contributed by atoms with van der Waals surface area (Å²) in [5, 5.41) is 3.91. The summed E-state index contributed by atoms with van der Waals surface area (Å²) >= 11 is 17.0. The van der Waals surface area contributed by atoms with E-state index in [2.05, 4.69) is 10.1 Å². The third kappa shape index (κ3) is 4.53. The molecule has 0 unspecified atom stereocenters. The zero-order valence-corrected chi connectivity index (χ0v) is 15.6. The number of carbonyl (C=O) groups is 1. The van der Waals surface area contributed by atoms with Crippen LogP contribution in [0.25, 0.3) is 11.4 Å². The Bertz CT molecular complexity index is 696. The highest BCUT2D eigenvalue weighted by Crippen LogP contribution is 2.30. The first-order valence-electron chi connectivity index (χ1n) is 7.07. The highest BCUT2D eigenvalue weighted by Gasteiger charge is 2.37. The monoisotopic (exact) mass is 391 g/mol. The fourth-order valence-corrected chi connectivity index (χ4v) is 2.30. The maximum absolute atomic E-state index is 12.2. The number of benzene rings is 1. The van der Waals surface area contributed by atoms with Crippen molar-refractivity contribution in [3.05, 3.63) is 30.2 Å². The van der Waals surface area contributed by atoms with Gasteiger partial charge < -0.3 is 14.2 Å². The van der Waals surface area contributed by atoms with E-state index in [1.54, 1.807) is 45.2 Å². The summed E-state index contributed by atoms with van der Waals surface area (Å²) in [7, 11) is 1.59. The summed E-state index contributed by atoms with van der Waals surface area (Å²) in [6, 6.07) is 6.99. The topological polar surface area (TPSA) is 68.5 Å². The molecule has 1 aromatic carbocycles. The molecule has 2 rings (SSSR count). The van der Waals surface area contributed by atoms with Gasteiger partial charge in [-0.2, -0.15) is 4.98 Å². The summed E-state index contributed by atoms with van der Waals surface area (Å²) < 4.78 is 8.27. The second-order valence-electron chi connectivity index (χ2n) is 5.26. The molecule has 6 nitrogen and oxygen atoms in total. The van der Waals surface area contributed by atoms with E-state index < -0.39 is 9.70 Å². The smallest absolute Gasteiger partial charge is 0.275 e. The predicted octanol–water partition coefficient (Wildman–Crippen LogP) is 3.85. The summed E-state index contributed by atoms with van der Waals surface area (Å²) in [6.45, 7) is 3.65. The molecule has 0 N–H and O–H groups in total. The van der Waals surface area contributed by atoms with E-state index in [1.807, 2.05) is 0 Å². The van der Waals surface area contributed by atoms with Crippen LogP contribution in [0.15, 0.2) is 28.8 Å². The fraction of sp³-hybridized carbons (Fsp3) is 0.400. The zero-order chi connectivity index (χ0) is 17.9. The zero-order valence-electron chi connectivity index (χ0n) is 13.3. The van der Waals surface area contributed by atoms with Crippen LogP contribution in [0.2, 0.25) is 0 Å². The molecule has 9 heteroatoms. The number of ether oxygens (including phenoxy) is 1. The number of nitrogens with zero attached hydrogens (tertiary/aromatic N) is 3. The van der Waals surface area contributed by atoms with E-state index in [4.69, 9.17) is 44.1 Å². The van der Waals surface area contributed by atoms with Gasteiger partial charge in [-0.05, 0) is 38.1 Å². The molecule has 1 amide bonds. The van der Waals surface area contributed by atoms with Crippen molar-refractivity contribution in [3.8, 4) is 17.1 Å². The van der Waals surface area contributed by atoms with Gasteiger partial charge in [0.05, 0.1) is 7.11 Å². The highest BCUT2D eigenvalue weighted by molar-refractivity contribution is 6.76. The molecule has 0 bridgehead atoms. The van der Waals surface area contributed by atoms with Crippen molar-refractivity contribution in [2.45, 2.75) is 30.2 Å². The third-order valence-electron chi connectivity index (χ3n) is 3.25. The van der Waals surface area contributed by atoms with Gasteiger partial charge in [-0.15, -0.1) is 0 Å². The highest BCUT2D eigenvalue weighted by atomic mass is 35.6. The number of hydrogen-bond acceptors (Lipinski definition) is 5. The number of alkyl halides is 3. The molecule has 0 aliphatic carbocycles. The molecule has 0 saturated carbocycles. The molecule has 0 radical (unpaired) electrons. The Kier molecular flexibility index (Phi) is 5.96. The van der Waals surface area contributed by atoms with Gasteiger partial charge in [0.1, 0.15) is 12.3 Å². The minimum Gasteiger partial charge on any atom is -0.497 e. The normalized spacial score (nSPS) is 11.6. The van der Waals surface area contributed by atoms with Crippen molar-refractivity contribution in [1.82, 2.24) is 15.0 Å². The van der Waals surface area contributed by atoms with Crippen LogP contribution in [0.5, 0.6) is 5.75 Å². The Morgan fingerprint density at radius 2 is 1.92 bits per heavy atom. The molecule has 0 atom stereocenters. The lowest BCUT2D eigenvalue weighted by Crippen LogP contribution is -2.43. The van der Waals surface area contributed by atoms with Gasteiger partial charge in [0.15, 0.2) is 0 Å². The van der Waals surface area contributed by atoms with Gasteiger partial charge in [0, 0.05) is 11.6 Å². The second-order valence-corrected chi connectivity index (χ2v) is 7.55. The van der Waals surface area contributed by atoms with Gasteiger partial charge in [-0.3, -0.25) is 4.79 Å². The molecule has 2 aromatic rings. The van der Waals surface area contributed by atoms with Crippen molar-refractivity contribution in [3.63, 3.8) is 0 Å². The molecule has 1 aromatic heterocycles. The Morgan fingerprint density at radius 1 is 1.29 bits per heavy atom. The third-order valence-corrected chi connectivity index (χ3v) is 3.73. The first-order chi connectivity index (χ1) is 11.2. The molecule has 0 fully saturated rings. The van der Waals surface area contributed by atoms with Gasteiger partial charge >= 0.3 is 0 Å². The average molecular weight is 393 g/mol. The molecule has 0 aliphatic heterocycles. The van der Waals surface area contributed by atoms with Crippen molar-refractivity contribution in [2.75, 3.05) is 7.11 Å². The summed E-state index contributed by atoms with van der Waals surface area (Å²) in [5.41, 5.74) is 0.759. The summed E-state index contributed by atoms with van der Waals surface area (Å²) in [4.78, 5) is 17.8. The molecule has 130 valence electrons. The van der Waals surface area contributed by atoms with Crippen molar-refractivity contribution in [2.24, 2.45) is 0 Å². The number of amides is 1. The van der Waals surface area contributed by atoms with E-state index in [0.29, 0.717) is 5.82 Å². The lowest BCUT2D eigenvalue weighted by Gasteiger charge is -2.27. The molecule has 1 heterocycles. The SMILES string of the molecule is COc1ccc(-c2noc(CN(C(=O)C(Cl)(Cl)Cl)C(C)C)n2)cc1. The van der Waals surface area contributed by atoms with Crippen LogP contribution in [0.1, 0.15) is 19.7 Å². The number of rotatable bonds is 5. The van der Waals surface area contributed by atoms with E-state index >= 15 is 0 Å². The first-order valence-corrected chi connectivity index (χ1v) is 8.20. The maximum Gasteiger partial charge on any atom is 0.275 e. The lowest BCUT2D eigenvalue weighted by molar-refractivity contribution is -0.133. The number of halogens is 3. The summed E-state index contributed by atoms with van der Waals surface area (Å²) in [6.07, 6.45) is 0. The Labute approximate surface area is 154 Å². The van der Waals surface area contributed by atoms with E-state index in [9.17, 15) is 4.79 Å². The lowest BCUT2D eigenvalue weighted by atomic mass is 10.2. The van der Waals surface area contributed by atoms with Crippen LogP contribution < -0.4 is 4.74 Å². The van der Waals surface area contributed by atoms with Gasteiger partial charge in [0.25, 0.3) is 9.70 Å². The van der Waals surface area contributed by atoms with Gasteiger partial charge in [0.2, 0.25) is 11.7 Å². The van der Waals surface area contributed by atoms with Crippen molar-refractivity contribution in [1.29, 1.82) is 0 Å². The van der Waals surface area contributed by atoms with Gasteiger partial charge in [-0.25, -0.2) is 0 Å². The Balaban J connectivity index is 2.18. The molecule has 0 spiro atoms. The molecule has 0 saturated heterocycles. The fourth-order valence-electron chi connectivity index (χ4n) is 1.97. The van der Waals surface area contributed by atoms with Crippen LogP contribution in [0.4, 0.5) is 0 Å². The Morgan fingerprint density at radius 3 is 2.42 bits per heavy atom. The van der Waals surface area contributed by atoms with Crippen molar-refractivity contribution < 1.29 is 14.1 Å². The van der Waals surface area contributed by atoms with Gasteiger partial charge in [-0.1, -0.05) is 40.0 Å². The minimum absolute atomic E-state index is 0.0492. The van der Waals surface area contributed by atoms with Crippen LogP contribution in [0.3, 0.4) is 0 Å². The number of methoxy groups -OCH3 is 1. The van der Waals surface area contributed by atoms with Crippen LogP contribution >= 0.6 is 34.8 Å². The van der Waals surface area contributed by atoms with E-state index in [0.717, 1.165) is 11.3 Å². The largest absolute Gasteiger partial charge is 0.497 e. The van der Waals surface area contributed by atoms with Crippen LogP contribution in [-0.4, -0.2) is 37.9 Å². The first kappa shape index (κ1) is 18.8. The molecule has 0 aliphatic rings. The number of carbonyl (C=O) groups excluding carboxylic acids is 1. The van der Waals surface area contributed by atoms with E-state index in [-0.39, 0.29) is 18.5 Å². The Hall–Kier alpha value is -1.50. The maximum atomic E-state index is 12.2. The van der Waals surface area contributed by atoms with Crippen LogP contribution in [-0.2, 0) is 11.3 Å². The van der Waals surface area contributed by atoms with Crippen molar-refractivity contribution >= 4 is 40.7 Å².